The Labute approximate surface area is 68.5 Å². The molecule has 1 rings (SSSR count). The largest absolute Gasteiger partial charge is 0.295 e. The second-order valence-corrected chi connectivity index (χ2v) is 4.00. The van der Waals surface area contributed by atoms with Gasteiger partial charge in [-0.05, 0) is 11.0 Å². The van der Waals surface area contributed by atoms with E-state index in [-0.39, 0.29) is 11.2 Å². The first-order valence-electron chi connectivity index (χ1n) is 4.09. The number of rotatable bonds is 2. The molecule has 0 aromatic heterocycles. The third kappa shape index (κ3) is 1.70. The number of allylic oxidation sites excluding steroid dienone is 2. The van der Waals surface area contributed by atoms with Crippen molar-refractivity contribution in [3.63, 3.8) is 0 Å². The molecule has 0 unspecified atom stereocenters. The summed E-state index contributed by atoms with van der Waals surface area (Å²) in [6.45, 7) is 8.31. The summed E-state index contributed by atoms with van der Waals surface area (Å²) in [7, 11) is 0. The normalized spacial score (nSPS) is 17.1. The zero-order valence-corrected chi connectivity index (χ0v) is 7.69. The van der Waals surface area contributed by atoms with Gasteiger partial charge in [-0.3, -0.25) is 4.79 Å². The minimum absolute atomic E-state index is 0.167. The van der Waals surface area contributed by atoms with Crippen molar-refractivity contribution in [3.8, 4) is 0 Å². The van der Waals surface area contributed by atoms with Crippen molar-refractivity contribution in [2.24, 2.45) is 5.41 Å². The molecule has 11 heavy (non-hydrogen) atoms. The third-order valence-corrected chi connectivity index (χ3v) is 1.93. The second kappa shape index (κ2) is 2.47. The van der Waals surface area contributed by atoms with Gasteiger partial charge in [0.05, 0.1) is 0 Å². The van der Waals surface area contributed by atoms with Crippen molar-refractivity contribution in [1.82, 2.24) is 0 Å². The monoisotopic (exact) mass is 151 g/mol. The number of carbonyl (C=O) groups is 1. The highest BCUT2D eigenvalue weighted by molar-refractivity contribution is 6.05. The van der Waals surface area contributed by atoms with E-state index in [1.165, 1.54) is 5.57 Å². The number of ketones is 1. The van der Waals surface area contributed by atoms with E-state index in [1.807, 2.05) is 13.3 Å². The molecule has 0 N–H and O–H groups in total. The van der Waals surface area contributed by atoms with E-state index in [0.717, 1.165) is 5.57 Å². The molecular weight excluding hydrogens is 136 g/mol. The van der Waals surface area contributed by atoms with Crippen LogP contribution in [0.2, 0.25) is 0 Å². The SMILES string of the molecule is CCC(=O)C1=C(C(C)(C)C)[CH]1. The predicted molar refractivity (Wildman–Crippen MR) is 46.1 cm³/mol. The molecule has 0 bridgehead atoms. The Morgan fingerprint density at radius 3 is 2.27 bits per heavy atom. The Morgan fingerprint density at radius 1 is 1.45 bits per heavy atom. The summed E-state index contributed by atoms with van der Waals surface area (Å²) < 4.78 is 0. The van der Waals surface area contributed by atoms with Crippen LogP contribution in [0.15, 0.2) is 11.1 Å². The van der Waals surface area contributed by atoms with Gasteiger partial charge in [-0.15, -0.1) is 0 Å². The Morgan fingerprint density at radius 2 is 2.00 bits per heavy atom. The highest BCUT2D eigenvalue weighted by atomic mass is 16.1. The Balaban J connectivity index is 2.69. The van der Waals surface area contributed by atoms with Gasteiger partial charge in [0.15, 0.2) is 5.78 Å². The molecule has 0 heterocycles. The molecule has 0 saturated heterocycles. The lowest BCUT2D eigenvalue weighted by Gasteiger charge is -2.12. The van der Waals surface area contributed by atoms with E-state index >= 15 is 0 Å². The van der Waals surface area contributed by atoms with Gasteiger partial charge in [0, 0.05) is 18.4 Å². The number of carbonyl (C=O) groups excluding carboxylic acids is 1. The number of hydrogen-bond acceptors (Lipinski definition) is 1. The highest BCUT2D eigenvalue weighted by Gasteiger charge is 2.35. The maximum absolute atomic E-state index is 11.1. The maximum atomic E-state index is 11.1. The van der Waals surface area contributed by atoms with E-state index < -0.39 is 0 Å². The van der Waals surface area contributed by atoms with Crippen molar-refractivity contribution in [2.75, 3.05) is 0 Å². The summed E-state index contributed by atoms with van der Waals surface area (Å²) in [6, 6.07) is 0. The Bertz CT molecular complexity index is 216. The summed E-state index contributed by atoms with van der Waals surface area (Å²) in [4.78, 5) is 11.1. The van der Waals surface area contributed by atoms with Gasteiger partial charge in [-0.2, -0.15) is 0 Å². The van der Waals surface area contributed by atoms with Crippen molar-refractivity contribution in [2.45, 2.75) is 34.1 Å². The molecule has 1 aliphatic rings. The number of Topliss-reactive ketones (excluding diaryl/α,β-unsaturated/α-hetero) is 1. The molecule has 0 fully saturated rings. The van der Waals surface area contributed by atoms with Crippen LogP contribution in [-0.4, -0.2) is 5.78 Å². The second-order valence-electron chi connectivity index (χ2n) is 4.00. The highest BCUT2D eigenvalue weighted by Crippen LogP contribution is 2.44. The lowest BCUT2D eigenvalue weighted by atomic mass is 9.93. The zero-order chi connectivity index (χ0) is 8.65. The van der Waals surface area contributed by atoms with Crippen LogP contribution in [0.5, 0.6) is 0 Å². The zero-order valence-electron chi connectivity index (χ0n) is 7.69. The van der Waals surface area contributed by atoms with Crippen LogP contribution >= 0.6 is 0 Å². The van der Waals surface area contributed by atoms with Crippen LogP contribution in [0.1, 0.15) is 34.1 Å². The van der Waals surface area contributed by atoms with Gasteiger partial charge in [0.25, 0.3) is 0 Å². The van der Waals surface area contributed by atoms with Gasteiger partial charge in [0.1, 0.15) is 0 Å². The molecule has 0 aromatic rings. The first-order chi connectivity index (χ1) is 4.96. The molecule has 61 valence electrons. The van der Waals surface area contributed by atoms with Crippen LogP contribution in [0.25, 0.3) is 0 Å². The topological polar surface area (TPSA) is 17.1 Å². The van der Waals surface area contributed by atoms with E-state index in [1.54, 1.807) is 0 Å². The fourth-order valence-corrected chi connectivity index (χ4v) is 1.15. The average Bonchev–Trinajstić information content (AvgIpc) is 2.62. The van der Waals surface area contributed by atoms with E-state index in [9.17, 15) is 4.79 Å². The standard InChI is InChI=1S/C10H15O/c1-5-9(11)7-6-8(7)10(2,3)4/h6H,5H2,1-4H3. The van der Waals surface area contributed by atoms with Crippen molar-refractivity contribution < 1.29 is 4.79 Å². The first-order valence-corrected chi connectivity index (χ1v) is 4.09. The smallest absolute Gasteiger partial charge is 0.159 e. The number of hydrogen-bond donors (Lipinski definition) is 0. The Hall–Kier alpha value is -0.590. The van der Waals surface area contributed by atoms with E-state index in [0.29, 0.717) is 6.42 Å². The van der Waals surface area contributed by atoms with Crippen LogP contribution < -0.4 is 0 Å². The van der Waals surface area contributed by atoms with Gasteiger partial charge in [0.2, 0.25) is 0 Å². The molecule has 0 amide bonds. The van der Waals surface area contributed by atoms with E-state index in [4.69, 9.17) is 0 Å². The molecule has 0 aliphatic heterocycles. The van der Waals surface area contributed by atoms with Crippen LogP contribution in [0.3, 0.4) is 0 Å². The molecule has 0 saturated carbocycles. The molecule has 1 nitrogen and oxygen atoms in total. The minimum Gasteiger partial charge on any atom is -0.295 e. The first kappa shape index (κ1) is 8.51. The van der Waals surface area contributed by atoms with Crippen LogP contribution in [0.4, 0.5) is 0 Å². The molecular formula is C10H15O. The molecule has 0 spiro atoms. The quantitative estimate of drug-likeness (QED) is 0.592. The Kier molecular flexibility index (Phi) is 1.91. The van der Waals surface area contributed by atoms with Crippen molar-refractivity contribution in [1.29, 1.82) is 0 Å². The van der Waals surface area contributed by atoms with Gasteiger partial charge < -0.3 is 0 Å². The van der Waals surface area contributed by atoms with Gasteiger partial charge >= 0.3 is 0 Å². The molecule has 1 radical (unpaired) electrons. The fraction of sp³-hybridized carbons (Fsp3) is 0.600. The van der Waals surface area contributed by atoms with Crippen LogP contribution in [0, 0.1) is 11.8 Å². The average molecular weight is 151 g/mol. The van der Waals surface area contributed by atoms with Crippen molar-refractivity contribution >= 4 is 5.78 Å². The van der Waals surface area contributed by atoms with E-state index in [2.05, 4.69) is 20.8 Å². The summed E-state index contributed by atoms with van der Waals surface area (Å²) in [6.07, 6.45) is 2.64. The fourth-order valence-electron chi connectivity index (χ4n) is 1.15. The molecule has 1 aliphatic carbocycles. The minimum atomic E-state index is 0.167. The summed E-state index contributed by atoms with van der Waals surface area (Å²) in [5, 5.41) is 0. The predicted octanol–water partition coefficient (Wildman–Crippen LogP) is 2.53. The lowest BCUT2D eigenvalue weighted by Crippen LogP contribution is -2.01. The summed E-state index contributed by atoms with van der Waals surface area (Å²) in [5.41, 5.74) is 2.38. The van der Waals surface area contributed by atoms with Gasteiger partial charge in [-0.1, -0.05) is 27.7 Å². The third-order valence-electron chi connectivity index (χ3n) is 1.93. The summed E-state index contributed by atoms with van der Waals surface area (Å²) >= 11 is 0. The maximum Gasteiger partial charge on any atom is 0.159 e. The van der Waals surface area contributed by atoms with Gasteiger partial charge in [-0.25, -0.2) is 0 Å². The lowest BCUT2D eigenvalue weighted by molar-refractivity contribution is -0.114. The van der Waals surface area contributed by atoms with Crippen LogP contribution in [-0.2, 0) is 4.79 Å². The summed E-state index contributed by atoms with van der Waals surface area (Å²) in [5.74, 6) is 0.287. The molecule has 0 aromatic carbocycles. The molecule has 0 atom stereocenters. The van der Waals surface area contributed by atoms with Crippen molar-refractivity contribution in [3.05, 3.63) is 17.6 Å². The molecule has 1 heteroatoms.